The Kier molecular flexibility index (Phi) is 5.97. The van der Waals surface area contributed by atoms with E-state index in [2.05, 4.69) is 46.5 Å². The predicted octanol–water partition coefficient (Wildman–Crippen LogP) is 4.75. The second-order valence-electron chi connectivity index (χ2n) is 7.69. The summed E-state index contributed by atoms with van der Waals surface area (Å²) in [4.78, 5) is 31.3. The second kappa shape index (κ2) is 8.68. The average molecular weight is 454 g/mol. The topological polar surface area (TPSA) is 89.8 Å². The average Bonchev–Trinajstić information content (AvgIpc) is 3.32. The van der Waals surface area contributed by atoms with Gasteiger partial charge >= 0.3 is 0 Å². The number of carbonyl (C=O) groups is 1. The number of nitrogens with one attached hydrogen (secondary N) is 1. The molecular weight excluding hydrogens is 430 g/mol. The van der Waals surface area contributed by atoms with Gasteiger partial charge in [-0.3, -0.25) is 14.2 Å². The number of benzene rings is 1. The van der Waals surface area contributed by atoms with Gasteiger partial charge in [-0.25, -0.2) is 4.98 Å². The molecular formula is C22H23N5O2S2. The number of thiophene rings is 1. The van der Waals surface area contributed by atoms with Crippen molar-refractivity contribution in [1.29, 1.82) is 0 Å². The lowest BCUT2D eigenvalue weighted by Gasteiger charge is -2.05. The number of nitrogens with zero attached hydrogens (tertiary/aromatic N) is 4. The van der Waals surface area contributed by atoms with Gasteiger partial charge in [0.15, 0.2) is 0 Å². The molecule has 0 saturated heterocycles. The Hall–Kier alpha value is -2.91. The fourth-order valence-electron chi connectivity index (χ4n) is 3.23. The molecule has 0 saturated carbocycles. The number of aromatic nitrogens is 4. The van der Waals surface area contributed by atoms with Crippen molar-refractivity contribution in [2.75, 3.05) is 5.32 Å². The van der Waals surface area contributed by atoms with E-state index in [1.54, 1.807) is 0 Å². The third-order valence-corrected chi connectivity index (χ3v) is 7.23. The molecule has 7 nitrogen and oxygen atoms in total. The summed E-state index contributed by atoms with van der Waals surface area (Å²) in [5, 5.41) is 12.9. The number of anilines is 1. The van der Waals surface area contributed by atoms with Gasteiger partial charge in [0.25, 0.3) is 5.56 Å². The molecule has 0 aliphatic rings. The zero-order chi connectivity index (χ0) is 22.1. The maximum absolute atomic E-state index is 12.7. The molecule has 0 aliphatic heterocycles. The quantitative estimate of drug-likeness (QED) is 0.455. The summed E-state index contributed by atoms with van der Waals surface area (Å²) in [6, 6.07) is 8.20. The Bertz CT molecular complexity index is 1300. The van der Waals surface area contributed by atoms with Crippen LogP contribution in [0.4, 0.5) is 5.13 Å². The number of fused-ring (bicyclic) bond motifs is 1. The standard InChI is InChI=1S/C22H23N5O2S2/c1-12(2)15-5-7-16(8-6-15)19-25-26-22(31-19)24-17(28)9-10-27-11-23-20-18(21(27)29)13(3)14(4)30-20/h5-8,11-12H,9-10H2,1-4H3,(H,24,26,28). The van der Waals surface area contributed by atoms with Crippen LogP contribution < -0.4 is 10.9 Å². The maximum Gasteiger partial charge on any atom is 0.262 e. The van der Waals surface area contributed by atoms with Crippen LogP contribution in [0.3, 0.4) is 0 Å². The molecule has 0 aliphatic carbocycles. The van der Waals surface area contributed by atoms with Gasteiger partial charge in [0.2, 0.25) is 11.0 Å². The van der Waals surface area contributed by atoms with Crippen LogP contribution in [-0.2, 0) is 11.3 Å². The van der Waals surface area contributed by atoms with Crippen molar-refractivity contribution < 1.29 is 4.79 Å². The first-order chi connectivity index (χ1) is 14.8. The van der Waals surface area contributed by atoms with Crippen molar-refractivity contribution in [1.82, 2.24) is 19.7 Å². The smallest absolute Gasteiger partial charge is 0.262 e. The van der Waals surface area contributed by atoms with Gasteiger partial charge in [-0.15, -0.1) is 21.5 Å². The molecule has 0 fully saturated rings. The van der Waals surface area contributed by atoms with E-state index in [1.807, 2.05) is 26.0 Å². The lowest BCUT2D eigenvalue weighted by molar-refractivity contribution is -0.116. The number of aryl methyl sites for hydroxylation is 3. The lowest BCUT2D eigenvalue weighted by atomic mass is 10.0. The number of hydrogen-bond acceptors (Lipinski definition) is 7. The van der Waals surface area contributed by atoms with Crippen molar-refractivity contribution >= 4 is 43.9 Å². The summed E-state index contributed by atoms with van der Waals surface area (Å²) in [6.45, 7) is 8.46. The first-order valence-corrected chi connectivity index (χ1v) is 11.7. The van der Waals surface area contributed by atoms with Crippen LogP contribution in [0.15, 0.2) is 35.4 Å². The SMILES string of the molecule is Cc1sc2ncn(CCC(=O)Nc3nnc(-c4ccc(C(C)C)cc4)s3)c(=O)c2c1C. The molecule has 0 bridgehead atoms. The monoisotopic (exact) mass is 453 g/mol. The summed E-state index contributed by atoms with van der Waals surface area (Å²) in [6.07, 6.45) is 1.66. The molecule has 9 heteroatoms. The van der Waals surface area contributed by atoms with E-state index in [4.69, 9.17) is 0 Å². The Morgan fingerprint density at radius 3 is 2.58 bits per heavy atom. The second-order valence-corrected chi connectivity index (χ2v) is 9.87. The summed E-state index contributed by atoms with van der Waals surface area (Å²) in [5.41, 5.74) is 3.08. The maximum atomic E-state index is 12.7. The van der Waals surface area contributed by atoms with Crippen LogP contribution in [0.25, 0.3) is 20.8 Å². The molecule has 3 aromatic heterocycles. The van der Waals surface area contributed by atoms with E-state index in [0.29, 0.717) is 16.4 Å². The largest absolute Gasteiger partial charge is 0.300 e. The molecule has 4 aromatic rings. The van der Waals surface area contributed by atoms with Crippen LogP contribution in [0, 0.1) is 13.8 Å². The van der Waals surface area contributed by atoms with Crippen LogP contribution in [0.2, 0.25) is 0 Å². The van der Waals surface area contributed by atoms with Gasteiger partial charge in [-0.1, -0.05) is 49.4 Å². The molecule has 31 heavy (non-hydrogen) atoms. The molecule has 1 N–H and O–H groups in total. The number of hydrogen-bond donors (Lipinski definition) is 1. The van der Waals surface area contributed by atoms with Gasteiger partial charge in [-0.2, -0.15) is 0 Å². The highest BCUT2D eigenvalue weighted by Gasteiger charge is 2.14. The Balaban J connectivity index is 1.41. The van der Waals surface area contributed by atoms with Gasteiger partial charge < -0.3 is 5.32 Å². The third-order valence-electron chi connectivity index (χ3n) is 5.23. The highest BCUT2D eigenvalue weighted by atomic mass is 32.1. The normalized spacial score (nSPS) is 11.4. The van der Waals surface area contributed by atoms with Gasteiger partial charge in [-0.05, 0) is 30.9 Å². The van der Waals surface area contributed by atoms with Gasteiger partial charge in [0.1, 0.15) is 9.84 Å². The zero-order valence-electron chi connectivity index (χ0n) is 17.8. The minimum Gasteiger partial charge on any atom is -0.300 e. The molecule has 160 valence electrons. The molecule has 0 spiro atoms. The zero-order valence-corrected chi connectivity index (χ0v) is 19.4. The molecule has 0 unspecified atom stereocenters. The first-order valence-electron chi connectivity index (χ1n) is 10.0. The van der Waals surface area contributed by atoms with Crippen molar-refractivity contribution in [2.45, 2.75) is 46.6 Å². The lowest BCUT2D eigenvalue weighted by Crippen LogP contribution is -2.23. The molecule has 1 aromatic carbocycles. The van der Waals surface area contributed by atoms with Crippen LogP contribution >= 0.6 is 22.7 Å². The Labute approximate surface area is 187 Å². The number of amides is 1. The van der Waals surface area contributed by atoms with E-state index in [0.717, 1.165) is 25.8 Å². The molecule has 3 heterocycles. The van der Waals surface area contributed by atoms with E-state index < -0.39 is 0 Å². The molecule has 4 rings (SSSR count). The van der Waals surface area contributed by atoms with Crippen LogP contribution in [-0.4, -0.2) is 25.7 Å². The fourth-order valence-corrected chi connectivity index (χ4v) is 4.99. The highest BCUT2D eigenvalue weighted by molar-refractivity contribution is 7.19. The summed E-state index contributed by atoms with van der Waals surface area (Å²) in [7, 11) is 0. The number of carbonyl (C=O) groups excluding carboxylic acids is 1. The van der Waals surface area contributed by atoms with Crippen molar-refractivity contribution in [3.8, 4) is 10.6 Å². The molecule has 1 amide bonds. The molecule has 0 atom stereocenters. The minimum absolute atomic E-state index is 0.109. The van der Waals surface area contributed by atoms with Gasteiger partial charge in [0.05, 0.1) is 11.7 Å². The van der Waals surface area contributed by atoms with Crippen molar-refractivity contribution in [2.24, 2.45) is 0 Å². The summed E-state index contributed by atoms with van der Waals surface area (Å²) in [5.74, 6) is 0.248. The molecule has 0 radical (unpaired) electrons. The summed E-state index contributed by atoms with van der Waals surface area (Å²) >= 11 is 2.84. The van der Waals surface area contributed by atoms with Crippen molar-refractivity contribution in [3.05, 3.63) is 57.0 Å². The summed E-state index contributed by atoms with van der Waals surface area (Å²) < 4.78 is 1.49. The van der Waals surface area contributed by atoms with Crippen LogP contribution in [0.1, 0.15) is 42.2 Å². The van der Waals surface area contributed by atoms with Crippen molar-refractivity contribution in [3.63, 3.8) is 0 Å². The highest BCUT2D eigenvalue weighted by Crippen LogP contribution is 2.28. The van der Waals surface area contributed by atoms with E-state index >= 15 is 0 Å². The fraction of sp³-hybridized carbons (Fsp3) is 0.318. The van der Waals surface area contributed by atoms with E-state index in [9.17, 15) is 9.59 Å². The first kappa shape index (κ1) is 21.3. The van der Waals surface area contributed by atoms with Gasteiger partial charge in [0, 0.05) is 23.4 Å². The van der Waals surface area contributed by atoms with E-state index in [-0.39, 0.29) is 24.4 Å². The number of rotatable bonds is 6. The minimum atomic E-state index is -0.219. The Morgan fingerprint density at radius 1 is 1.13 bits per heavy atom. The third kappa shape index (κ3) is 4.42. The van der Waals surface area contributed by atoms with E-state index in [1.165, 1.54) is 39.1 Å². The van der Waals surface area contributed by atoms with Crippen LogP contribution in [0.5, 0.6) is 0 Å². The Morgan fingerprint density at radius 2 is 1.87 bits per heavy atom. The predicted molar refractivity (Wildman–Crippen MR) is 126 cm³/mol.